The summed E-state index contributed by atoms with van der Waals surface area (Å²) in [5.41, 5.74) is 1.54. The SMILES string of the molecule is O=C(CCN1CC(O)C(c2ccccc2)C1)c1cc2c(cn1)OCCO2. The van der Waals surface area contributed by atoms with Gasteiger partial charge in [-0.3, -0.25) is 9.69 Å². The van der Waals surface area contributed by atoms with E-state index in [0.717, 1.165) is 12.1 Å². The Labute approximate surface area is 152 Å². The fourth-order valence-electron chi connectivity index (χ4n) is 3.57. The number of aliphatic hydroxyl groups is 1. The lowest BCUT2D eigenvalue weighted by molar-refractivity contribution is 0.0957. The second-order valence-corrected chi connectivity index (χ2v) is 6.73. The second kappa shape index (κ2) is 7.43. The Morgan fingerprint density at radius 1 is 1.15 bits per heavy atom. The van der Waals surface area contributed by atoms with Crippen molar-refractivity contribution in [2.75, 3.05) is 32.8 Å². The highest BCUT2D eigenvalue weighted by molar-refractivity contribution is 5.94. The number of aliphatic hydroxyl groups excluding tert-OH is 1. The number of carbonyl (C=O) groups excluding carboxylic acids is 1. The van der Waals surface area contributed by atoms with Gasteiger partial charge in [-0.05, 0) is 5.56 Å². The number of nitrogens with zero attached hydrogens (tertiary/aromatic N) is 2. The van der Waals surface area contributed by atoms with Gasteiger partial charge in [0.25, 0.3) is 0 Å². The highest BCUT2D eigenvalue weighted by atomic mass is 16.6. The third kappa shape index (κ3) is 3.57. The summed E-state index contributed by atoms with van der Waals surface area (Å²) in [6.45, 7) is 2.93. The molecule has 1 saturated heterocycles. The maximum Gasteiger partial charge on any atom is 0.182 e. The van der Waals surface area contributed by atoms with Gasteiger partial charge in [-0.1, -0.05) is 30.3 Å². The molecule has 136 valence electrons. The van der Waals surface area contributed by atoms with Crippen molar-refractivity contribution in [2.45, 2.75) is 18.4 Å². The molecule has 6 heteroatoms. The normalized spacial score (nSPS) is 22.3. The molecule has 4 rings (SSSR count). The molecule has 2 atom stereocenters. The van der Waals surface area contributed by atoms with Gasteiger partial charge < -0.3 is 14.6 Å². The number of hydrogen-bond acceptors (Lipinski definition) is 6. The number of ketones is 1. The fourth-order valence-corrected chi connectivity index (χ4v) is 3.57. The molecule has 0 spiro atoms. The minimum Gasteiger partial charge on any atom is -0.486 e. The van der Waals surface area contributed by atoms with Crippen molar-refractivity contribution in [3.05, 3.63) is 53.9 Å². The molecule has 2 aliphatic rings. The molecule has 1 N–H and O–H groups in total. The zero-order valence-electron chi connectivity index (χ0n) is 14.5. The number of Topliss-reactive ketones (excluding diaryl/α,β-unsaturated/α-hetero) is 1. The lowest BCUT2D eigenvalue weighted by Gasteiger charge is -2.18. The smallest absolute Gasteiger partial charge is 0.182 e. The van der Waals surface area contributed by atoms with Gasteiger partial charge in [0.05, 0.1) is 12.3 Å². The Morgan fingerprint density at radius 3 is 2.73 bits per heavy atom. The summed E-state index contributed by atoms with van der Waals surface area (Å²) in [4.78, 5) is 18.8. The molecule has 1 aromatic carbocycles. The van der Waals surface area contributed by atoms with E-state index in [4.69, 9.17) is 9.47 Å². The number of hydrogen-bond donors (Lipinski definition) is 1. The van der Waals surface area contributed by atoms with E-state index in [9.17, 15) is 9.90 Å². The molecule has 2 aromatic rings. The Balaban J connectivity index is 1.35. The first-order chi connectivity index (χ1) is 12.7. The standard InChI is InChI=1S/C20H22N2O4/c23-17(16-10-19-20(11-21-16)26-9-8-25-19)6-7-22-12-15(18(24)13-22)14-4-2-1-3-5-14/h1-5,10-11,15,18,24H,6-9,12-13H2. The summed E-state index contributed by atoms with van der Waals surface area (Å²) in [6.07, 6.45) is 1.51. The van der Waals surface area contributed by atoms with Crippen molar-refractivity contribution in [1.29, 1.82) is 0 Å². The average molecular weight is 354 g/mol. The van der Waals surface area contributed by atoms with E-state index >= 15 is 0 Å². The Hall–Kier alpha value is -2.44. The molecule has 0 radical (unpaired) electrons. The quantitative estimate of drug-likeness (QED) is 0.827. The molecule has 0 bridgehead atoms. The Kier molecular flexibility index (Phi) is 4.86. The number of likely N-dealkylation sites (tertiary alicyclic amines) is 1. The molecule has 26 heavy (non-hydrogen) atoms. The van der Waals surface area contributed by atoms with Crippen molar-refractivity contribution >= 4 is 5.78 Å². The van der Waals surface area contributed by atoms with Crippen LogP contribution < -0.4 is 9.47 Å². The fraction of sp³-hybridized carbons (Fsp3) is 0.400. The lowest BCUT2D eigenvalue weighted by Crippen LogP contribution is -2.25. The van der Waals surface area contributed by atoms with Gasteiger partial charge in [-0.15, -0.1) is 0 Å². The van der Waals surface area contributed by atoms with Gasteiger partial charge in [0.15, 0.2) is 17.3 Å². The van der Waals surface area contributed by atoms with Crippen LogP contribution in [0.2, 0.25) is 0 Å². The molecule has 3 heterocycles. The zero-order valence-corrected chi connectivity index (χ0v) is 14.5. The second-order valence-electron chi connectivity index (χ2n) is 6.73. The van der Waals surface area contributed by atoms with Crippen LogP contribution in [0.1, 0.15) is 28.4 Å². The summed E-state index contributed by atoms with van der Waals surface area (Å²) >= 11 is 0. The van der Waals surface area contributed by atoms with Gasteiger partial charge in [-0.25, -0.2) is 4.98 Å². The van der Waals surface area contributed by atoms with Crippen LogP contribution in [0.4, 0.5) is 0 Å². The van der Waals surface area contributed by atoms with Crippen LogP contribution in [0.3, 0.4) is 0 Å². The van der Waals surface area contributed by atoms with E-state index in [1.54, 1.807) is 12.3 Å². The predicted molar refractivity (Wildman–Crippen MR) is 95.8 cm³/mol. The van der Waals surface area contributed by atoms with Crippen molar-refractivity contribution in [3.63, 3.8) is 0 Å². The number of pyridine rings is 1. The van der Waals surface area contributed by atoms with E-state index in [0.29, 0.717) is 49.9 Å². The molecule has 6 nitrogen and oxygen atoms in total. The number of benzene rings is 1. The molecule has 0 aliphatic carbocycles. The van der Waals surface area contributed by atoms with Crippen LogP contribution in [-0.2, 0) is 0 Å². The van der Waals surface area contributed by atoms with Crippen LogP contribution in [0, 0.1) is 0 Å². The zero-order chi connectivity index (χ0) is 17.9. The highest BCUT2D eigenvalue weighted by Gasteiger charge is 2.32. The van der Waals surface area contributed by atoms with Crippen molar-refractivity contribution in [1.82, 2.24) is 9.88 Å². The van der Waals surface area contributed by atoms with Gasteiger partial charge in [0.1, 0.15) is 18.9 Å². The highest BCUT2D eigenvalue weighted by Crippen LogP contribution is 2.30. The molecule has 0 amide bonds. The summed E-state index contributed by atoms with van der Waals surface area (Å²) in [6, 6.07) is 11.7. The third-order valence-corrected chi connectivity index (χ3v) is 4.96. The van der Waals surface area contributed by atoms with Gasteiger partial charge >= 0.3 is 0 Å². The van der Waals surface area contributed by atoms with E-state index in [1.807, 2.05) is 30.3 Å². The van der Waals surface area contributed by atoms with E-state index < -0.39 is 6.10 Å². The molecular weight excluding hydrogens is 332 g/mol. The van der Waals surface area contributed by atoms with Crippen molar-refractivity contribution < 1.29 is 19.4 Å². The van der Waals surface area contributed by atoms with Crippen molar-refractivity contribution in [3.8, 4) is 11.5 Å². The number of rotatable bonds is 5. The average Bonchev–Trinajstić information content (AvgIpc) is 3.07. The topological polar surface area (TPSA) is 71.9 Å². The first-order valence-electron chi connectivity index (χ1n) is 8.95. The van der Waals surface area contributed by atoms with Gasteiger partial charge in [-0.2, -0.15) is 0 Å². The number of ether oxygens (including phenoxy) is 2. The van der Waals surface area contributed by atoms with Gasteiger partial charge in [0, 0.05) is 38.0 Å². The number of carbonyl (C=O) groups is 1. The Morgan fingerprint density at radius 2 is 1.92 bits per heavy atom. The van der Waals surface area contributed by atoms with Gasteiger partial charge in [0.2, 0.25) is 0 Å². The molecule has 0 saturated carbocycles. The lowest BCUT2D eigenvalue weighted by atomic mass is 9.96. The molecule has 2 unspecified atom stereocenters. The van der Waals surface area contributed by atoms with Crippen molar-refractivity contribution in [2.24, 2.45) is 0 Å². The summed E-state index contributed by atoms with van der Waals surface area (Å²) in [7, 11) is 0. The van der Waals surface area contributed by atoms with Crippen LogP contribution >= 0.6 is 0 Å². The number of aromatic nitrogens is 1. The predicted octanol–water partition coefficient (Wildman–Crippen LogP) is 1.89. The third-order valence-electron chi connectivity index (χ3n) is 4.96. The van der Waals surface area contributed by atoms with Crippen LogP contribution in [0.5, 0.6) is 11.5 Å². The molecule has 1 fully saturated rings. The van der Waals surface area contributed by atoms with E-state index in [1.165, 1.54) is 0 Å². The Bertz CT molecular complexity index is 781. The minimum absolute atomic E-state index is 0.0281. The maximum absolute atomic E-state index is 12.5. The molecular formula is C20H22N2O4. The summed E-state index contributed by atoms with van der Waals surface area (Å²) in [5, 5.41) is 10.4. The summed E-state index contributed by atoms with van der Waals surface area (Å²) in [5.74, 6) is 1.23. The monoisotopic (exact) mass is 354 g/mol. The molecule has 2 aliphatic heterocycles. The van der Waals surface area contributed by atoms with E-state index in [-0.39, 0.29) is 11.7 Å². The van der Waals surface area contributed by atoms with Crippen LogP contribution in [-0.4, -0.2) is 59.7 Å². The maximum atomic E-state index is 12.5. The number of β-amino-alcohol motifs (C(OH)–C–C–N with tert-alkyl or cyclic N) is 1. The van der Waals surface area contributed by atoms with Crippen LogP contribution in [0.15, 0.2) is 42.6 Å². The first-order valence-corrected chi connectivity index (χ1v) is 8.95. The first kappa shape index (κ1) is 17.0. The summed E-state index contributed by atoms with van der Waals surface area (Å²) < 4.78 is 10.9. The van der Waals surface area contributed by atoms with E-state index in [2.05, 4.69) is 9.88 Å². The molecule has 1 aromatic heterocycles. The van der Waals surface area contributed by atoms with Crippen LogP contribution in [0.25, 0.3) is 0 Å². The largest absolute Gasteiger partial charge is 0.486 e. The number of fused-ring (bicyclic) bond motifs is 1. The minimum atomic E-state index is -0.403.